The molecular weight excluding hydrogens is 911 g/mol. The minimum Gasteiger partial charge on any atom is -0.493 e. The van der Waals surface area contributed by atoms with E-state index in [4.69, 9.17) is 28.4 Å². The highest BCUT2D eigenvalue weighted by Crippen LogP contribution is 2.44. The number of hydrogen-bond acceptors (Lipinski definition) is 13. The van der Waals surface area contributed by atoms with Crippen molar-refractivity contribution in [2.75, 3.05) is 39.3 Å². The van der Waals surface area contributed by atoms with Gasteiger partial charge in [-0.15, -0.1) is 0 Å². The SMILES string of the molecule is C=CC(=O)OCC(C)(C)C(=O)C(=O)N1CCCCC1C(=O)OC(CCc1ccc(OC)c(OC)c1)c1cccc(NC(=O)[C@H](CC(=O)OC(C)(C)C)NC(=O)OCC2c3ccccc3-c3ccccc32)c1. The quantitative estimate of drug-likeness (QED) is 0.0372. The molecule has 2 N–H and O–H groups in total. The molecule has 0 aromatic heterocycles. The van der Waals surface area contributed by atoms with Gasteiger partial charge in [0, 0.05) is 24.2 Å². The van der Waals surface area contributed by atoms with Gasteiger partial charge in [-0.1, -0.05) is 73.3 Å². The summed E-state index contributed by atoms with van der Waals surface area (Å²) in [5.74, 6) is -3.92. The smallest absolute Gasteiger partial charge is 0.407 e. The Morgan fingerprint density at radius 1 is 0.803 bits per heavy atom. The Kier molecular flexibility index (Phi) is 17.4. The van der Waals surface area contributed by atoms with E-state index in [9.17, 15) is 33.6 Å². The Labute approximate surface area is 414 Å². The van der Waals surface area contributed by atoms with Crippen LogP contribution in [-0.4, -0.2) is 98.2 Å². The van der Waals surface area contributed by atoms with Crippen molar-refractivity contribution >= 4 is 47.3 Å². The van der Waals surface area contributed by atoms with Crippen LogP contribution in [0.15, 0.2) is 104 Å². The maximum atomic E-state index is 14.3. The minimum atomic E-state index is -1.43. The molecule has 0 saturated carbocycles. The van der Waals surface area contributed by atoms with E-state index in [2.05, 4.69) is 17.2 Å². The topological polar surface area (TPSA) is 202 Å². The lowest BCUT2D eigenvalue weighted by Crippen LogP contribution is -2.53. The standard InChI is InChI=1S/C55H63N3O13/c1-9-47(59)69-33-55(5,6)49(61)51(63)58-28-15-14-23-43(58)52(64)70-44(26-24-34-25-27-45(66-7)46(29-34)67-8)35-17-16-18-36(30-35)56-50(62)42(31-48(60)71-54(2,3)4)57-53(65)68-32-41-39-21-12-10-19-37(39)38-20-11-13-22-40(38)41/h9-13,16-22,25,27,29-30,41-44H,1,14-15,23-24,26,28,31-33H2,2-8H3,(H,56,62)(H,57,65)/t42-,43?,44?/m0/s1. The van der Waals surface area contributed by atoms with Crippen LogP contribution in [0.25, 0.3) is 11.1 Å². The first-order valence-electron chi connectivity index (χ1n) is 23.6. The molecule has 2 aliphatic rings. The van der Waals surface area contributed by atoms with Crippen LogP contribution < -0.4 is 20.1 Å². The van der Waals surface area contributed by atoms with Gasteiger partial charge in [-0.05, 0) is 124 Å². The molecule has 71 heavy (non-hydrogen) atoms. The lowest BCUT2D eigenvalue weighted by atomic mass is 9.87. The Morgan fingerprint density at radius 3 is 2.13 bits per heavy atom. The van der Waals surface area contributed by atoms with E-state index < -0.39 is 77.2 Å². The Hall–Kier alpha value is -7.49. The number of likely N-dealkylation sites (tertiary alicyclic amines) is 1. The van der Waals surface area contributed by atoms with Crippen molar-refractivity contribution in [1.29, 1.82) is 0 Å². The van der Waals surface area contributed by atoms with Crippen LogP contribution in [0.1, 0.15) is 101 Å². The molecule has 3 atom stereocenters. The number of hydrogen-bond donors (Lipinski definition) is 2. The third kappa shape index (κ3) is 13.6. The van der Waals surface area contributed by atoms with E-state index in [1.54, 1.807) is 51.1 Å². The number of benzene rings is 4. The number of rotatable bonds is 20. The number of ketones is 1. The third-order valence-corrected chi connectivity index (χ3v) is 12.3. The van der Waals surface area contributed by atoms with Gasteiger partial charge in [-0.25, -0.2) is 14.4 Å². The fraction of sp³-hybridized carbons (Fsp3) is 0.400. The van der Waals surface area contributed by atoms with Gasteiger partial charge in [0.2, 0.25) is 11.7 Å². The number of nitrogens with one attached hydrogen (secondary N) is 2. The van der Waals surface area contributed by atoms with E-state index >= 15 is 0 Å². The molecule has 1 fully saturated rings. The zero-order valence-corrected chi connectivity index (χ0v) is 41.4. The van der Waals surface area contributed by atoms with Crippen molar-refractivity contribution in [2.45, 2.75) is 103 Å². The van der Waals surface area contributed by atoms with Crippen LogP contribution >= 0.6 is 0 Å². The van der Waals surface area contributed by atoms with Gasteiger partial charge in [0.15, 0.2) is 11.5 Å². The molecule has 1 heterocycles. The normalized spacial score (nSPS) is 15.1. The predicted octanol–water partition coefficient (Wildman–Crippen LogP) is 8.20. The van der Waals surface area contributed by atoms with E-state index in [-0.39, 0.29) is 44.2 Å². The minimum absolute atomic E-state index is 0.0274. The van der Waals surface area contributed by atoms with E-state index in [1.807, 2.05) is 60.7 Å². The highest BCUT2D eigenvalue weighted by Gasteiger charge is 2.43. The summed E-state index contributed by atoms with van der Waals surface area (Å²) in [6.45, 7) is 11.1. The van der Waals surface area contributed by atoms with Gasteiger partial charge >= 0.3 is 24.0 Å². The fourth-order valence-electron chi connectivity index (χ4n) is 8.65. The van der Waals surface area contributed by atoms with Crippen LogP contribution in [-0.2, 0) is 54.1 Å². The van der Waals surface area contributed by atoms with Gasteiger partial charge in [-0.3, -0.25) is 19.2 Å². The van der Waals surface area contributed by atoms with Gasteiger partial charge < -0.3 is 44.0 Å². The lowest BCUT2D eigenvalue weighted by molar-refractivity contribution is -0.165. The molecule has 1 saturated heterocycles. The molecule has 0 spiro atoms. The van der Waals surface area contributed by atoms with E-state index in [1.165, 1.54) is 33.0 Å². The van der Waals surface area contributed by atoms with Crippen molar-refractivity contribution in [3.05, 3.63) is 126 Å². The number of amides is 3. The van der Waals surface area contributed by atoms with Gasteiger partial charge in [-0.2, -0.15) is 0 Å². The molecule has 2 unspecified atom stereocenters. The Bertz CT molecular complexity index is 2590. The fourth-order valence-corrected chi connectivity index (χ4v) is 8.65. The zero-order chi connectivity index (χ0) is 51.5. The van der Waals surface area contributed by atoms with Crippen molar-refractivity contribution in [1.82, 2.24) is 10.2 Å². The molecule has 16 heteroatoms. The summed E-state index contributed by atoms with van der Waals surface area (Å²) >= 11 is 0. The maximum absolute atomic E-state index is 14.3. The second-order valence-corrected chi connectivity index (χ2v) is 19.1. The number of piperidine rings is 1. The number of carbonyl (C=O) groups is 7. The number of methoxy groups -OCH3 is 2. The molecule has 3 amide bonds. The van der Waals surface area contributed by atoms with Crippen molar-refractivity contribution in [2.24, 2.45) is 5.41 Å². The number of esters is 3. The number of ether oxygens (including phenoxy) is 6. The van der Waals surface area contributed by atoms with E-state index in [0.717, 1.165) is 33.9 Å². The largest absolute Gasteiger partial charge is 0.493 e. The number of alkyl carbamates (subject to hydrolysis) is 1. The molecule has 0 bridgehead atoms. The number of aryl methyl sites for hydroxylation is 1. The predicted molar refractivity (Wildman–Crippen MR) is 264 cm³/mol. The molecule has 1 aliphatic carbocycles. The highest BCUT2D eigenvalue weighted by atomic mass is 16.6. The summed E-state index contributed by atoms with van der Waals surface area (Å²) in [5.41, 5.74) is 3.37. The third-order valence-electron chi connectivity index (χ3n) is 12.3. The van der Waals surface area contributed by atoms with Crippen molar-refractivity contribution < 1.29 is 62.0 Å². The van der Waals surface area contributed by atoms with Crippen LogP contribution in [0.5, 0.6) is 11.5 Å². The van der Waals surface area contributed by atoms with Crippen molar-refractivity contribution in [3.8, 4) is 22.6 Å². The first kappa shape index (κ1) is 52.9. The number of nitrogens with zero attached hydrogens (tertiary/aromatic N) is 1. The summed E-state index contributed by atoms with van der Waals surface area (Å²) in [6.07, 6.45) is 0.545. The number of fused-ring (bicyclic) bond motifs is 3. The highest BCUT2D eigenvalue weighted by molar-refractivity contribution is 6.38. The Morgan fingerprint density at radius 2 is 1.48 bits per heavy atom. The monoisotopic (exact) mass is 973 g/mol. The number of anilines is 1. The van der Waals surface area contributed by atoms with Crippen LogP contribution in [0.2, 0.25) is 0 Å². The zero-order valence-electron chi connectivity index (χ0n) is 41.4. The first-order valence-corrected chi connectivity index (χ1v) is 23.6. The van der Waals surface area contributed by atoms with Gasteiger partial charge in [0.25, 0.3) is 5.91 Å². The second-order valence-electron chi connectivity index (χ2n) is 19.1. The van der Waals surface area contributed by atoms with Gasteiger partial charge in [0.1, 0.15) is 37.0 Å². The Balaban J connectivity index is 1.22. The second kappa shape index (κ2) is 23.4. The average Bonchev–Trinajstić information content (AvgIpc) is 3.68. The number of Topliss-reactive ketones (excluding diaryl/α,β-unsaturated/α-hetero) is 1. The molecule has 0 radical (unpaired) electrons. The molecule has 16 nitrogen and oxygen atoms in total. The van der Waals surface area contributed by atoms with Crippen LogP contribution in [0.3, 0.4) is 0 Å². The molecule has 1 aliphatic heterocycles. The molecule has 376 valence electrons. The average molecular weight is 974 g/mol. The van der Waals surface area contributed by atoms with E-state index in [0.29, 0.717) is 36.3 Å². The lowest BCUT2D eigenvalue weighted by Gasteiger charge is -2.36. The molecular formula is C55H63N3O13. The van der Waals surface area contributed by atoms with Crippen molar-refractivity contribution in [3.63, 3.8) is 0 Å². The number of carbonyl (C=O) groups excluding carboxylic acids is 7. The maximum Gasteiger partial charge on any atom is 0.407 e. The first-order chi connectivity index (χ1) is 33.8. The van der Waals surface area contributed by atoms with Crippen LogP contribution in [0, 0.1) is 5.41 Å². The van der Waals surface area contributed by atoms with Crippen LogP contribution in [0.4, 0.5) is 10.5 Å². The molecule has 6 rings (SSSR count). The van der Waals surface area contributed by atoms with Gasteiger partial charge in [0.05, 0.1) is 26.1 Å². The summed E-state index contributed by atoms with van der Waals surface area (Å²) in [5, 5.41) is 5.39. The molecule has 4 aromatic rings. The summed E-state index contributed by atoms with van der Waals surface area (Å²) in [7, 11) is 3.05. The summed E-state index contributed by atoms with van der Waals surface area (Å²) in [4.78, 5) is 95.6. The molecule has 4 aromatic carbocycles. The summed E-state index contributed by atoms with van der Waals surface area (Å²) in [6, 6.07) is 25.2. The summed E-state index contributed by atoms with van der Waals surface area (Å²) < 4.78 is 33.6.